The molecule has 156 valence electrons. The van der Waals surface area contributed by atoms with E-state index in [-0.39, 0.29) is 31.0 Å². The van der Waals surface area contributed by atoms with Crippen LogP contribution in [0.1, 0.15) is 30.9 Å². The fraction of sp³-hybridized carbons (Fsp3) is 0.438. The Labute approximate surface area is 156 Å². The van der Waals surface area contributed by atoms with E-state index < -0.39 is 50.4 Å². The molecule has 1 unspecified atom stereocenters. The van der Waals surface area contributed by atoms with Crippen LogP contribution in [0.15, 0.2) is 29.8 Å². The smallest absolute Gasteiger partial charge is 0.416 e. The second-order valence-electron chi connectivity index (χ2n) is 6.06. The predicted octanol–water partition coefficient (Wildman–Crippen LogP) is 4.05. The maximum absolute atomic E-state index is 13.0. The molecule has 0 amide bonds. The van der Waals surface area contributed by atoms with E-state index in [2.05, 4.69) is 0 Å². The van der Waals surface area contributed by atoms with Gasteiger partial charge in [-0.25, -0.2) is 13.2 Å². The first kappa shape index (κ1) is 22.1. The van der Waals surface area contributed by atoms with Crippen molar-refractivity contribution in [3.63, 3.8) is 0 Å². The topological polar surface area (TPSA) is 74.7 Å². The zero-order valence-corrected chi connectivity index (χ0v) is 15.1. The molecule has 12 heteroatoms. The number of aliphatic carboxylic acids is 1. The van der Waals surface area contributed by atoms with Crippen LogP contribution in [0.25, 0.3) is 0 Å². The molecule has 1 aromatic rings. The molecule has 0 aliphatic carbocycles. The fourth-order valence-corrected chi connectivity index (χ4v) is 4.60. The van der Waals surface area contributed by atoms with Crippen LogP contribution in [0.5, 0.6) is 0 Å². The third-order valence-electron chi connectivity index (χ3n) is 4.21. The normalized spacial score (nSPS) is 20.5. The molecule has 0 bridgehead atoms. The number of rotatable bonds is 4. The van der Waals surface area contributed by atoms with Gasteiger partial charge in [-0.05, 0) is 31.0 Å². The minimum absolute atomic E-state index is 0.00311. The van der Waals surface area contributed by atoms with Crippen molar-refractivity contribution < 1.29 is 44.7 Å². The summed E-state index contributed by atoms with van der Waals surface area (Å²) in [6, 6.07) is 0.566. The largest absolute Gasteiger partial charge is 0.478 e. The molecule has 1 aromatic carbocycles. The van der Waals surface area contributed by atoms with Gasteiger partial charge in [0.15, 0.2) is 0 Å². The molecule has 0 spiro atoms. The highest BCUT2D eigenvalue weighted by Gasteiger charge is 2.42. The highest BCUT2D eigenvalue weighted by Crippen LogP contribution is 2.40. The monoisotopic (exact) mass is 431 g/mol. The molecule has 1 aliphatic rings. The van der Waals surface area contributed by atoms with E-state index in [0.717, 1.165) is 6.08 Å². The van der Waals surface area contributed by atoms with Gasteiger partial charge in [0.2, 0.25) is 10.0 Å². The standard InChI is InChI=1S/C16H15F6NO4S/c1-2-9(14(24)25)5-13-3-4-23(28(13,26)27)12-7-10(15(17,18)19)6-11(8-12)16(20,21)22/h5-8,13H,2-4H2,1H3,(H,24,25). The van der Waals surface area contributed by atoms with Gasteiger partial charge >= 0.3 is 18.3 Å². The Bertz CT molecular complexity index is 872. The molecular formula is C16H15F6NO4S. The number of hydrogen-bond donors (Lipinski definition) is 1. The first-order chi connectivity index (χ1) is 12.7. The lowest BCUT2D eigenvalue weighted by atomic mass is 10.1. The van der Waals surface area contributed by atoms with Crippen molar-refractivity contribution >= 4 is 21.7 Å². The molecule has 1 heterocycles. The van der Waals surface area contributed by atoms with Crippen LogP contribution < -0.4 is 4.31 Å². The highest BCUT2D eigenvalue weighted by molar-refractivity contribution is 7.93. The van der Waals surface area contributed by atoms with Crippen molar-refractivity contribution in [2.45, 2.75) is 37.4 Å². The lowest BCUT2D eigenvalue weighted by Gasteiger charge is -2.21. The molecular weight excluding hydrogens is 416 g/mol. The van der Waals surface area contributed by atoms with Crippen LogP contribution in [-0.2, 0) is 27.2 Å². The summed E-state index contributed by atoms with van der Waals surface area (Å²) in [5.74, 6) is -1.35. The van der Waals surface area contributed by atoms with E-state index in [1.807, 2.05) is 0 Å². The zero-order chi connectivity index (χ0) is 21.5. The summed E-state index contributed by atoms with van der Waals surface area (Å²) in [6.45, 7) is 1.10. The molecule has 2 rings (SSSR count). The van der Waals surface area contributed by atoms with Crippen LogP contribution in [-0.4, -0.2) is 31.3 Å². The lowest BCUT2D eigenvalue weighted by Crippen LogP contribution is -2.29. The quantitative estimate of drug-likeness (QED) is 0.577. The van der Waals surface area contributed by atoms with Gasteiger partial charge in [0.05, 0.1) is 16.8 Å². The van der Waals surface area contributed by atoms with Gasteiger partial charge in [0.1, 0.15) is 5.25 Å². The molecule has 1 atom stereocenters. The van der Waals surface area contributed by atoms with E-state index in [1.165, 1.54) is 6.92 Å². The minimum Gasteiger partial charge on any atom is -0.478 e. The molecule has 1 aliphatic heterocycles. The molecule has 28 heavy (non-hydrogen) atoms. The average molecular weight is 431 g/mol. The van der Waals surface area contributed by atoms with E-state index in [0.29, 0.717) is 16.4 Å². The third kappa shape index (κ3) is 4.42. The summed E-state index contributed by atoms with van der Waals surface area (Å²) in [5.41, 5.74) is -4.25. The van der Waals surface area contributed by atoms with Crippen molar-refractivity contribution in [3.8, 4) is 0 Å². The number of anilines is 1. The maximum atomic E-state index is 13.0. The van der Waals surface area contributed by atoms with Gasteiger partial charge in [0.25, 0.3) is 0 Å². The Balaban J connectivity index is 2.55. The molecule has 0 radical (unpaired) electrons. The lowest BCUT2D eigenvalue weighted by molar-refractivity contribution is -0.143. The summed E-state index contributed by atoms with van der Waals surface area (Å²) < 4.78 is 104. The van der Waals surface area contributed by atoms with Crippen molar-refractivity contribution in [2.75, 3.05) is 10.8 Å². The maximum Gasteiger partial charge on any atom is 0.416 e. The Morgan fingerprint density at radius 3 is 2.04 bits per heavy atom. The van der Waals surface area contributed by atoms with Crippen LogP contribution in [0.4, 0.5) is 32.0 Å². The highest BCUT2D eigenvalue weighted by atomic mass is 32.2. The van der Waals surface area contributed by atoms with E-state index in [4.69, 9.17) is 5.11 Å². The number of carbonyl (C=O) groups is 1. The summed E-state index contributed by atoms with van der Waals surface area (Å²) in [5, 5.41) is 7.65. The fourth-order valence-electron chi connectivity index (χ4n) is 2.78. The van der Waals surface area contributed by atoms with Gasteiger partial charge in [-0.3, -0.25) is 4.31 Å². The number of halogens is 6. The minimum atomic E-state index is -5.11. The number of hydrogen-bond acceptors (Lipinski definition) is 3. The van der Waals surface area contributed by atoms with Crippen molar-refractivity contribution in [1.29, 1.82) is 0 Å². The van der Waals surface area contributed by atoms with Crippen molar-refractivity contribution in [1.82, 2.24) is 0 Å². The van der Waals surface area contributed by atoms with Crippen molar-refractivity contribution in [2.24, 2.45) is 0 Å². The first-order valence-corrected chi connectivity index (χ1v) is 9.43. The molecule has 1 saturated heterocycles. The number of alkyl halides is 6. The second kappa shape index (κ2) is 7.30. The summed E-state index contributed by atoms with van der Waals surface area (Å²) in [4.78, 5) is 11.1. The van der Waals surface area contributed by atoms with Crippen LogP contribution in [0.3, 0.4) is 0 Å². The number of benzene rings is 1. The van der Waals surface area contributed by atoms with Crippen LogP contribution in [0.2, 0.25) is 0 Å². The molecule has 0 saturated carbocycles. The van der Waals surface area contributed by atoms with Crippen LogP contribution >= 0.6 is 0 Å². The van der Waals surface area contributed by atoms with Gasteiger partial charge in [-0.1, -0.05) is 13.0 Å². The molecule has 1 N–H and O–H groups in total. The Morgan fingerprint density at radius 2 is 1.64 bits per heavy atom. The third-order valence-corrected chi connectivity index (χ3v) is 6.35. The number of nitrogens with zero attached hydrogens (tertiary/aromatic N) is 1. The zero-order valence-electron chi connectivity index (χ0n) is 14.3. The molecule has 5 nitrogen and oxygen atoms in total. The summed E-state index contributed by atoms with van der Waals surface area (Å²) in [6.07, 6.45) is -9.43. The van der Waals surface area contributed by atoms with Crippen LogP contribution in [0, 0.1) is 0 Å². The first-order valence-electron chi connectivity index (χ1n) is 7.93. The van der Waals surface area contributed by atoms with Gasteiger partial charge in [0, 0.05) is 12.1 Å². The summed E-state index contributed by atoms with van der Waals surface area (Å²) in [7, 11) is -4.39. The summed E-state index contributed by atoms with van der Waals surface area (Å²) >= 11 is 0. The Morgan fingerprint density at radius 1 is 1.14 bits per heavy atom. The van der Waals surface area contributed by atoms with E-state index in [1.54, 1.807) is 0 Å². The number of carboxylic acids is 1. The van der Waals surface area contributed by atoms with Gasteiger partial charge in [-0.2, -0.15) is 26.3 Å². The van der Waals surface area contributed by atoms with Gasteiger partial charge < -0.3 is 5.11 Å². The second-order valence-corrected chi connectivity index (χ2v) is 8.14. The predicted molar refractivity (Wildman–Crippen MR) is 87.1 cm³/mol. The van der Waals surface area contributed by atoms with E-state index >= 15 is 0 Å². The Hall–Kier alpha value is -2.24. The Kier molecular flexibility index (Phi) is 5.75. The van der Waals surface area contributed by atoms with Gasteiger partial charge in [-0.15, -0.1) is 0 Å². The average Bonchev–Trinajstić information content (AvgIpc) is 2.84. The number of sulfonamides is 1. The SMILES string of the molecule is CCC(=CC1CCN(c2cc(C(F)(F)F)cc(C(F)(F)F)c2)S1(=O)=O)C(=O)O. The number of carboxylic acid groups (broad SMARTS) is 1. The van der Waals surface area contributed by atoms with Crippen molar-refractivity contribution in [3.05, 3.63) is 41.0 Å². The molecule has 1 fully saturated rings. The molecule has 0 aromatic heterocycles. The van der Waals surface area contributed by atoms with E-state index in [9.17, 15) is 39.6 Å².